The van der Waals surface area contributed by atoms with Crippen molar-refractivity contribution in [2.24, 2.45) is 0 Å². The van der Waals surface area contributed by atoms with Gasteiger partial charge in [-0.2, -0.15) is 0 Å². The lowest BCUT2D eigenvalue weighted by atomic mass is 10.1. The molecule has 22 heteroatoms. The van der Waals surface area contributed by atoms with Crippen LogP contribution in [0.4, 0.5) is 0 Å². The molecular weight excluding hydrogens is 590 g/mol. The van der Waals surface area contributed by atoms with Gasteiger partial charge in [-0.25, -0.2) is 18.7 Å². The van der Waals surface area contributed by atoms with E-state index in [2.05, 4.69) is 0 Å². The van der Waals surface area contributed by atoms with Crippen LogP contribution in [0.5, 0.6) is 0 Å². The van der Waals surface area contributed by atoms with Crippen molar-refractivity contribution in [1.29, 1.82) is 0 Å². The van der Waals surface area contributed by atoms with Gasteiger partial charge in [-0.05, 0) is 0 Å². The summed E-state index contributed by atoms with van der Waals surface area (Å²) in [6, 6.07) is 1.88. The molecule has 220 valence electrons. The Morgan fingerprint density at radius 3 is 1.45 bits per heavy atom. The summed E-state index contributed by atoms with van der Waals surface area (Å²) < 4.78 is 58.1. The van der Waals surface area contributed by atoms with E-state index >= 15 is 0 Å². The van der Waals surface area contributed by atoms with E-state index in [1.54, 1.807) is 0 Å². The largest absolute Gasteiger partial charge is 0.472 e. The van der Waals surface area contributed by atoms with E-state index in [9.17, 15) is 48.3 Å². The van der Waals surface area contributed by atoms with Crippen LogP contribution in [-0.4, -0.2) is 88.9 Å². The SMILES string of the molecule is O=c1ccn(C2OC3COP(=O)(O)OC4C(COP(=O)(O)OC3C2O)OC(n2ccc(=O)[nH]c2=O)C4O)c(=O)[nH]1. The fourth-order valence-corrected chi connectivity index (χ4v) is 6.32. The molecule has 10 unspecified atom stereocenters. The van der Waals surface area contributed by atoms with Crippen molar-refractivity contribution in [2.75, 3.05) is 13.2 Å². The van der Waals surface area contributed by atoms with Crippen LogP contribution < -0.4 is 22.5 Å². The molecule has 3 aliphatic heterocycles. The highest BCUT2D eigenvalue weighted by atomic mass is 31.2. The van der Waals surface area contributed by atoms with Gasteiger partial charge in [0.15, 0.2) is 12.5 Å². The number of aromatic nitrogens is 4. The molecule has 3 saturated heterocycles. The van der Waals surface area contributed by atoms with E-state index < -0.39 is 100 Å². The van der Waals surface area contributed by atoms with Crippen molar-refractivity contribution in [1.82, 2.24) is 19.1 Å². The minimum absolute atomic E-state index is 0.742. The van der Waals surface area contributed by atoms with Gasteiger partial charge < -0.3 is 29.5 Å². The summed E-state index contributed by atoms with van der Waals surface area (Å²) in [6.07, 6.45) is -11.7. The fraction of sp³-hybridized carbons (Fsp3) is 0.556. The number of aliphatic hydroxyl groups excluding tert-OH is 2. The van der Waals surface area contributed by atoms with Crippen LogP contribution in [0, 0.1) is 0 Å². The van der Waals surface area contributed by atoms with Crippen LogP contribution >= 0.6 is 15.6 Å². The molecule has 5 heterocycles. The molecule has 0 radical (unpaired) electrons. The maximum atomic E-state index is 12.8. The molecule has 40 heavy (non-hydrogen) atoms. The quantitative estimate of drug-likeness (QED) is 0.180. The van der Waals surface area contributed by atoms with Crippen LogP contribution in [-0.2, 0) is 36.7 Å². The second-order valence-corrected chi connectivity index (χ2v) is 11.6. The highest BCUT2D eigenvalue weighted by Crippen LogP contribution is 2.53. The molecule has 3 aliphatic rings. The normalized spacial score (nSPS) is 40.5. The number of aliphatic hydroxyl groups is 2. The third-order valence-electron chi connectivity index (χ3n) is 6.18. The predicted octanol–water partition coefficient (Wildman–Crippen LogP) is -3.38. The van der Waals surface area contributed by atoms with Gasteiger partial charge in [0, 0.05) is 24.5 Å². The first-order valence-electron chi connectivity index (χ1n) is 11.4. The smallest absolute Gasteiger partial charge is 0.386 e. The van der Waals surface area contributed by atoms with Crippen molar-refractivity contribution in [3.63, 3.8) is 0 Å². The first-order valence-corrected chi connectivity index (χ1v) is 14.4. The average Bonchev–Trinajstić information content (AvgIpc) is 3.32. The lowest BCUT2D eigenvalue weighted by Gasteiger charge is -2.27. The topological polar surface area (TPSA) is 280 Å². The van der Waals surface area contributed by atoms with Crippen molar-refractivity contribution in [3.8, 4) is 0 Å². The number of nitrogens with zero attached hydrogens (tertiary/aromatic N) is 2. The summed E-state index contributed by atoms with van der Waals surface area (Å²) in [6.45, 7) is -1.83. The predicted molar refractivity (Wildman–Crippen MR) is 124 cm³/mol. The number of hydrogen-bond acceptors (Lipinski definition) is 14. The lowest BCUT2D eigenvalue weighted by Crippen LogP contribution is -2.40. The van der Waals surface area contributed by atoms with Gasteiger partial charge in [0.1, 0.15) is 36.6 Å². The second-order valence-electron chi connectivity index (χ2n) is 8.81. The van der Waals surface area contributed by atoms with Gasteiger partial charge in [-0.15, -0.1) is 0 Å². The molecule has 2 aromatic heterocycles. The highest BCUT2D eigenvalue weighted by molar-refractivity contribution is 7.47. The summed E-state index contributed by atoms with van der Waals surface area (Å²) in [5, 5.41) is 21.5. The number of ether oxygens (including phenoxy) is 2. The van der Waals surface area contributed by atoms with Crippen molar-refractivity contribution >= 4 is 15.6 Å². The van der Waals surface area contributed by atoms with Crippen molar-refractivity contribution in [2.45, 2.75) is 49.1 Å². The van der Waals surface area contributed by atoms with Crippen LogP contribution in [0.25, 0.3) is 0 Å². The van der Waals surface area contributed by atoms with Crippen molar-refractivity contribution < 1.29 is 56.7 Å². The van der Waals surface area contributed by atoms with Crippen molar-refractivity contribution in [3.05, 3.63) is 66.2 Å². The Labute approximate surface area is 220 Å². The number of nitrogens with one attached hydrogen (secondary N) is 2. The van der Waals surface area contributed by atoms with E-state index in [0.29, 0.717) is 0 Å². The van der Waals surface area contributed by atoms with Gasteiger partial charge in [-0.3, -0.25) is 46.8 Å². The third-order valence-corrected chi connectivity index (χ3v) is 8.15. The second kappa shape index (κ2) is 10.7. The van der Waals surface area contributed by atoms with E-state index in [0.717, 1.165) is 33.7 Å². The van der Waals surface area contributed by atoms with Crippen LogP contribution in [0.3, 0.4) is 0 Å². The highest BCUT2D eigenvalue weighted by Gasteiger charge is 2.53. The maximum Gasteiger partial charge on any atom is 0.472 e. The Balaban J connectivity index is 1.43. The Morgan fingerprint density at radius 1 is 0.725 bits per heavy atom. The number of aromatic amines is 2. The monoisotopic (exact) mass is 612 g/mol. The summed E-state index contributed by atoms with van der Waals surface area (Å²) in [5.74, 6) is 0. The molecule has 3 fully saturated rings. The van der Waals surface area contributed by atoms with E-state index in [4.69, 9.17) is 27.6 Å². The summed E-state index contributed by atoms with van der Waals surface area (Å²) in [5.41, 5.74) is -3.53. The zero-order valence-electron chi connectivity index (χ0n) is 19.8. The van der Waals surface area contributed by atoms with E-state index in [-0.39, 0.29) is 0 Å². The third kappa shape index (κ3) is 5.75. The molecule has 6 N–H and O–H groups in total. The van der Waals surface area contributed by atoms with Gasteiger partial charge in [0.2, 0.25) is 0 Å². The molecule has 0 amide bonds. The van der Waals surface area contributed by atoms with E-state index in [1.165, 1.54) is 0 Å². The number of fused-ring (bicyclic) bond motifs is 2. The van der Waals surface area contributed by atoms with Crippen LogP contribution in [0.15, 0.2) is 43.7 Å². The summed E-state index contributed by atoms with van der Waals surface area (Å²) in [7, 11) is -10.2. The van der Waals surface area contributed by atoms with Gasteiger partial charge in [0.25, 0.3) is 11.1 Å². The number of phosphoric acid groups is 2. The number of rotatable bonds is 2. The molecule has 0 bridgehead atoms. The zero-order valence-corrected chi connectivity index (χ0v) is 21.6. The Hall–Kier alpha value is -2.58. The molecule has 20 nitrogen and oxygen atoms in total. The van der Waals surface area contributed by atoms with Crippen LogP contribution in [0.2, 0.25) is 0 Å². The number of hydrogen-bond donors (Lipinski definition) is 6. The van der Waals surface area contributed by atoms with Crippen LogP contribution in [0.1, 0.15) is 12.5 Å². The molecule has 0 aromatic carbocycles. The average molecular weight is 612 g/mol. The Morgan fingerprint density at radius 2 is 1.10 bits per heavy atom. The molecule has 0 spiro atoms. The van der Waals surface area contributed by atoms with Gasteiger partial charge in [-0.1, -0.05) is 0 Å². The standard InChI is InChI=1S/C18H22N4O16P2/c23-9-1-3-21(17(27)19-9)15-11(25)13-7(35-15)5-33-40(31,32)38-14-8(6-34-39(29,30)37-13)36-16(12(14)26)22-4-2-10(24)20-18(22)28/h1-4,7-8,11-16,25-26H,5-6H2,(H,29,30)(H,31,32)(H,19,23,27)(H,20,24,28). The summed E-state index contributed by atoms with van der Waals surface area (Å²) >= 11 is 0. The van der Waals surface area contributed by atoms with Gasteiger partial charge >= 0.3 is 27.0 Å². The number of phosphoric ester groups is 2. The Kier molecular flexibility index (Phi) is 7.72. The maximum absolute atomic E-state index is 12.8. The lowest BCUT2D eigenvalue weighted by molar-refractivity contribution is -0.0685. The number of H-pyrrole nitrogens is 2. The molecule has 0 saturated carbocycles. The molecule has 2 aromatic rings. The fourth-order valence-electron chi connectivity index (χ4n) is 4.39. The summed E-state index contributed by atoms with van der Waals surface area (Å²) in [4.78, 5) is 71.7. The molecular formula is C18H22N4O16P2. The minimum Gasteiger partial charge on any atom is -0.386 e. The molecule has 5 rings (SSSR count). The molecule has 10 atom stereocenters. The van der Waals surface area contributed by atoms with E-state index in [1.807, 2.05) is 9.97 Å². The first-order chi connectivity index (χ1) is 18.7. The Bertz CT molecular complexity index is 1480. The minimum atomic E-state index is -5.10. The molecule has 0 aliphatic carbocycles. The first kappa shape index (κ1) is 28.9. The zero-order chi connectivity index (χ0) is 29.0. The van der Waals surface area contributed by atoms with Gasteiger partial charge in [0.05, 0.1) is 13.2 Å².